The van der Waals surface area contributed by atoms with Crippen molar-refractivity contribution in [1.29, 1.82) is 0 Å². The van der Waals surface area contributed by atoms with Crippen LogP contribution in [0.4, 0.5) is 0 Å². The molecule has 2 atom stereocenters. The normalized spacial score (nSPS) is 35.1. The first-order chi connectivity index (χ1) is 6.83. The fourth-order valence-electron chi connectivity index (χ4n) is 2.63. The molecule has 2 heteroatoms. The lowest BCUT2D eigenvalue weighted by Crippen LogP contribution is -2.17. The molecule has 2 aliphatic rings. The molecule has 1 aromatic rings. The highest BCUT2D eigenvalue weighted by Gasteiger charge is 2.58. The van der Waals surface area contributed by atoms with Crippen LogP contribution < -0.4 is 0 Å². The molecule has 1 aliphatic carbocycles. The van der Waals surface area contributed by atoms with E-state index in [9.17, 15) is 0 Å². The second-order valence-corrected chi connectivity index (χ2v) is 5.08. The number of halogens is 1. The highest BCUT2D eigenvalue weighted by atomic mass is 79.9. The lowest BCUT2D eigenvalue weighted by Gasteiger charge is -2.18. The molecular weight excluding hydrogens is 240 g/mol. The van der Waals surface area contributed by atoms with Gasteiger partial charge in [-0.25, -0.2) is 0 Å². The molecule has 0 bridgehead atoms. The lowest BCUT2D eigenvalue weighted by atomic mass is 9.84. The summed E-state index contributed by atoms with van der Waals surface area (Å²) in [5.74, 6) is 0. The van der Waals surface area contributed by atoms with Crippen LogP contribution in [0.25, 0.3) is 0 Å². The summed E-state index contributed by atoms with van der Waals surface area (Å²) in [6, 6.07) is 8.46. The van der Waals surface area contributed by atoms with Gasteiger partial charge in [0.2, 0.25) is 0 Å². The van der Waals surface area contributed by atoms with E-state index in [0.717, 1.165) is 0 Å². The Morgan fingerprint density at radius 3 is 2.93 bits per heavy atom. The van der Waals surface area contributed by atoms with E-state index in [0.29, 0.717) is 6.10 Å². The molecule has 0 radical (unpaired) electrons. The number of epoxide rings is 1. The Hall–Kier alpha value is -0.340. The van der Waals surface area contributed by atoms with Crippen LogP contribution in [0, 0.1) is 0 Å². The van der Waals surface area contributed by atoms with Crippen LogP contribution in [-0.4, -0.2) is 6.10 Å². The smallest absolute Gasteiger partial charge is 0.121 e. The van der Waals surface area contributed by atoms with Gasteiger partial charge < -0.3 is 4.74 Å². The minimum atomic E-state index is 0.0817. The summed E-state index contributed by atoms with van der Waals surface area (Å²) >= 11 is 3.61. The zero-order chi connectivity index (χ0) is 9.60. The van der Waals surface area contributed by atoms with Crippen molar-refractivity contribution in [3.05, 3.63) is 34.3 Å². The summed E-state index contributed by atoms with van der Waals surface area (Å²) in [7, 11) is 0. The number of rotatable bonds is 1. The summed E-state index contributed by atoms with van der Waals surface area (Å²) in [5.41, 5.74) is 1.43. The third-order valence-electron chi connectivity index (χ3n) is 3.41. The summed E-state index contributed by atoms with van der Waals surface area (Å²) in [6.07, 6.45) is 5.56. The third kappa shape index (κ3) is 1.17. The van der Waals surface area contributed by atoms with Crippen molar-refractivity contribution in [2.24, 2.45) is 0 Å². The molecule has 0 amide bonds. The first kappa shape index (κ1) is 8.93. The SMILES string of the molecule is Brc1ccccc1C12CCCCC1O2. The molecule has 0 aromatic heterocycles. The van der Waals surface area contributed by atoms with Gasteiger partial charge in [0.05, 0.1) is 6.10 Å². The van der Waals surface area contributed by atoms with Crippen molar-refractivity contribution < 1.29 is 4.74 Å². The molecule has 2 unspecified atom stereocenters. The molecule has 1 saturated heterocycles. The highest BCUT2D eigenvalue weighted by molar-refractivity contribution is 9.10. The topological polar surface area (TPSA) is 12.5 Å². The molecule has 1 heterocycles. The van der Waals surface area contributed by atoms with E-state index in [4.69, 9.17) is 4.74 Å². The zero-order valence-electron chi connectivity index (χ0n) is 8.00. The molecule has 3 rings (SSSR count). The molecule has 14 heavy (non-hydrogen) atoms. The summed E-state index contributed by atoms with van der Waals surface area (Å²) in [5, 5.41) is 0. The Bertz CT molecular complexity index is 363. The molecule has 1 nitrogen and oxygen atoms in total. The molecule has 2 fully saturated rings. The predicted molar refractivity (Wildman–Crippen MR) is 59.2 cm³/mol. The Labute approximate surface area is 92.6 Å². The van der Waals surface area contributed by atoms with Gasteiger partial charge in [0.15, 0.2) is 0 Å². The van der Waals surface area contributed by atoms with E-state index in [1.165, 1.54) is 35.7 Å². The van der Waals surface area contributed by atoms with Crippen LogP contribution >= 0.6 is 15.9 Å². The monoisotopic (exact) mass is 252 g/mol. The molecule has 1 aromatic carbocycles. The minimum Gasteiger partial charge on any atom is -0.361 e. The van der Waals surface area contributed by atoms with E-state index in [2.05, 4.69) is 40.2 Å². The standard InChI is InChI=1S/C12H13BrO/c13-10-6-2-1-5-9(10)12-8-4-3-7-11(12)14-12/h1-2,5-6,11H,3-4,7-8H2. The van der Waals surface area contributed by atoms with Gasteiger partial charge in [-0.05, 0) is 18.9 Å². The van der Waals surface area contributed by atoms with Gasteiger partial charge in [-0.3, -0.25) is 0 Å². The number of fused-ring (bicyclic) bond motifs is 1. The fourth-order valence-corrected chi connectivity index (χ4v) is 3.25. The molecule has 0 N–H and O–H groups in total. The van der Waals surface area contributed by atoms with E-state index >= 15 is 0 Å². The van der Waals surface area contributed by atoms with E-state index in [1.807, 2.05) is 0 Å². The quantitative estimate of drug-likeness (QED) is 0.696. The van der Waals surface area contributed by atoms with Gasteiger partial charge in [0.1, 0.15) is 5.60 Å². The van der Waals surface area contributed by atoms with Crippen LogP contribution in [-0.2, 0) is 10.3 Å². The van der Waals surface area contributed by atoms with Crippen LogP contribution in [0.1, 0.15) is 31.2 Å². The fraction of sp³-hybridized carbons (Fsp3) is 0.500. The van der Waals surface area contributed by atoms with E-state index < -0.39 is 0 Å². The van der Waals surface area contributed by atoms with Gasteiger partial charge >= 0.3 is 0 Å². The van der Waals surface area contributed by atoms with Crippen LogP contribution in [0.3, 0.4) is 0 Å². The van der Waals surface area contributed by atoms with Crippen molar-refractivity contribution in [2.45, 2.75) is 37.4 Å². The van der Waals surface area contributed by atoms with Gasteiger partial charge in [-0.15, -0.1) is 0 Å². The number of benzene rings is 1. The second-order valence-electron chi connectivity index (χ2n) is 4.22. The molecule has 1 aliphatic heterocycles. The summed E-state index contributed by atoms with van der Waals surface area (Å²) < 4.78 is 7.10. The van der Waals surface area contributed by atoms with E-state index in [-0.39, 0.29) is 5.60 Å². The highest BCUT2D eigenvalue weighted by Crippen LogP contribution is 2.56. The molecular formula is C12H13BrO. The predicted octanol–water partition coefficient (Wildman–Crippen LogP) is 3.62. The average Bonchev–Trinajstić information content (AvgIpc) is 2.93. The summed E-state index contributed by atoms with van der Waals surface area (Å²) in [6.45, 7) is 0. The Balaban J connectivity index is 2.00. The number of hydrogen-bond acceptors (Lipinski definition) is 1. The Morgan fingerprint density at radius 2 is 2.14 bits per heavy atom. The second kappa shape index (κ2) is 3.07. The lowest BCUT2D eigenvalue weighted by molar-refractivity contribution is 0.289. The maximum absolute atomic E-state index is 5.90. The molecule has 74 valence electrons. The molecule has 1 saturated carbocycles. The summed E-state index contributed by atoms with van der Waals surface area (Å²) in [4.78, 5) is 0. The van der Waals surface area contributed by atoms with Crippen molar-refractivity contribution in [1.82, 2.24) is 0 Å². The first-order valence-electron chi connectivity index (χ1n) is 5.26. The van der Waals surface area contributed by atoms with Gasteiger partial charge in [0.25, 0.3) is 0 Å². The number of ether oxygens (including phenoxy) is 1. The average molecular weight is 253 g/mol. The first-order valence-corrected chi connectivity index (χ1v) is 6.05. The Kier molecular flexibility index (Phi) is 1.96. The van der Waals surface area contributed by atoms with Crippen molar-refractivity contribution in [3.8, 4) is 0 Å². The maximum atomic E-state index is 5.90. The van der Waals surface area contributed by atoms with Gasteiger partial charge in [0, 0.05) is 10.0 Å². The zero-order valence-corrected chi connectivity index (χ0v) is 9.59. The largest absolute Gasteiger partial charge is 0.361 e. The van der Waals surface area contributed by atoms with Crippen molar-refractivity contribution in [3.63, 3.8) is 0 Å². The van der Waals surface area contributed by atoms with Crippen molar-refractivity contribution in [2.75, 3.05) is 0 Å². The third-order valence-corrected chi connectivity index (χ3v) is 4.10. The van der Waals surface area contributed by atoms with Crippen LogP contribution in [0.2, 0.25) is 0 Å². The molecule has 0 spiro atoms. The Morgan fingerprint density at radius 1 is 1.29 bits per heavy atom. The maximum Gasteiger partial charge on any atom is 0.121 e. The van der Waals surface area contributed by atoms with Crippen LogP contribution in [0.15, 0.2) is 28.7 Å². The van der Waals surface area contributed by atoms with Crippen molar-refractivity contribution >= 4 is 15.9 Å². The number of hydrogen-bond donors (Lipinski definition) is 0. The minimum absolute atomic E-state index is 0.0817. The van der Waals surface area contributed by atoms with Gasteiger partial charge in [-0.2, -0.15) is 0 Å². The van der Waals surface area contributed by atoms with Gasteiger partial charge in [-0.1, -0.05) is 47.0 Å². The van der Waals surface area contributed by atoms with E-state index in [1.54, 1.807) is 0 Å². The van der Waals surface area contributed by atoms with Crippen LogP contribution in [0.5, 0.6) is 0 Å².